The second-order valence-corrected chi connectivity index (χ2v) is 8.27. The Morgan fingerprint density at radius 1 is 0.714 bits per heavy atom. The molecule has 0 N–H and O–H groups in total. The van der Waals surface area contributed by atoms with Crippen LogP contribution in [0, 0.1) is 0 Å². The molecule has 0 aliphatic rings. The summed E-state index contributed by atoms with van der Waals surface area (Å²) >= 11 is 6.11. The first-order valence-electron chi connectivity index (χ1n) is 10.9. The predicted octanol–water partition coefficient (Wildman–Crippen LogP) is 5.35. The minimum atomic E-state index is -0.218. The van der Waals surface area contributed by atoms with Crippen molar-refractivity contribution in [2.75, 3.05) is 0 Å². The van der Waals surface area contributed by atoms with Gasteiger partial charge in [0.25, 0.3) is 5.56 Å². The highest BCUT2D eigenvalue weighted by atomic mass is 35.5. The molecule has 0 atom stereocenters. The van der Waals surface area contributed by atoms with Crippen molar-refractivity contribution in [2.24, 2.45) is 0 Å². The SMILES string of the molecule is O=c1c2cnn(-c3ccccc3)c2nc(-c2ccc(-c3ncccn3)cc2)n1-c1ccc(Cl)cc1. The molecule has 0 aliphatic heterocycles. The van der Waals surface area contributed by atoms with Crippen molar-refractivity contribution in [3.63, 3.8) is 0 Å². The standard InChI is InChI=1S/C27H17ClN6O/c28-20-11-13-21(14-12-20)33-25(19-9-7-18(8-10-19)24-29-15-4-16-30-24)32-26-23(27(33)35)17-31-34(26)22-5-2-1-3-6-22/h1-17H. The summed E-state index contributed by atoms with van der Waals surface area (Å²) in [5.74, 6) is 1.11. The van der Waals surface area contributed by atoms with Crippen LogP contribution in [0.2, 0.25) is 5.02 Å². The smallest absolute Gasteiger partial charge is 0.268 e. The molecular formula is C27H17ClN6O. The van der Waals surface area contributed by atoms with Gasteiger partial charge in [-0.15, -0.1) is 0 Å². The Balaban J connectivity index is 1.59. The molecule has 0 saturated carbocycles. The number of nitrogens with zero attached hydrogens (tertiary/aromatic N) is 6. The molecule has 0 amide bonds. The molecule has 6 rings (SSSR count). The summed E-state index contributed by atoms with van der Waals surface area (Å²) in [4.78, 5) is 27.3. The third-order valence-corrected chi connectivity index (χ3v) is 5.91. The lowest BCUT2D eigenvalue weighted by Gasteiger charge is -2.14. The van der Waals surface area contributed by atoms with Crippen LogP contribution in [0.15, 0.2) is 108 Å². The van der Waals surface area contributed by atoms with Crippen LogP contribution in [0.1, 0.15) is 0 Å². The van der Waals surface area contributed by atoms with Crippen LogP contribution >= 0.6 is 11.6 Å². The molecule has 0 fully saturated rings. The van der Waals surface area contributed by atoms with Gasteiger partial charge in [0.05, 0.1) is 17.6 Å². The Hall–Kier alpha value is -4.62. The van der Waals surface area contributed by atoms with Crippen LogP contribution in [0.25, 0.3) is 45.2 Å². The zero-order chi connectivity index (χ0) is 23.8. The Kier molecular flexibility index (Phi) is 5.16. The van der Waals surface area contributed by atoms with E-state index >= 15 is 0 Å². The molecule has 0 radical (unpaired) electrons. The first kappa shape index (κ1) is 20.9. The van der Waals surface area contributed by atoms with E-state index in [4.69, 9.17) is 16.6 Å². The fourth-order valence-electron chi connectivity index (χ4n) is 3.97. The van der Waals surface area contributed by atoms with E-state index in [0.717, 1.165) is 16.8 Å². The molecule has 0 saturated heterocycles. The number of hydrogen-bond donors (Lipinski definition) is 0. The highest BCUT2D eigenvalue weighted by molar-refractivity contribution is 6.30. The average Bonchev–Trinajstić information content (AvgIpc) is 3.35. The average molecular weight is 477 g/mol. The predicted molar refractivity (Wildman–Crippen MR) is 136 cm³/mol. The molecule has 35 heavy (non-hydrogen) atoms. The fraction of sp³-hybridized carbons (Fsp3) is 0. The van der Waals surface area contributed by atoms with Crippen LogP contribution < -0.4 is 5.56 Å². The minimum absolute atomic E-state index is 0.218. The van der Waals surface area contributed by atoms with E-state index in [0.29, 0.717) is 33.4 Å². The molecule has 3 aromatic heterocycles. The maximum absolute atomic E-state index is 13.8. The van der Waals surface area contributed by atoms with Crippen LogP contribution in [-0.2, 0) is 0 Å². The van der Waals surface area contributed by atoms with E-state index < -0.39 is 0 Å². The molecule has 8 heteroatoms. The van der Waals surface area contributed by atoms with Gasteiger partial charge in [-0.25, -0.2) is 19.6 Å². The molecule has 0 spiro atoms. The third-order valence-electron chi connectivity index (χ3n) is 5.65. The Morgan fingerprint density at radius 3 is 2.11 bits per heavy atom. The van der Waals surface area contributed by atoms with E-state index in [1.807, 2.05) is 54.6 Å². The lowest BCUT2D eigenvalue weighted by molar-refractivity contribution is 0.888. The molecule has 6 aromatic rings. The first-order chi connectivity index (χ1) is 17.2. The van der Waals surface area contributed by atoms with E-state index in [2.05, 4.69) is 15.1 Å². The number of fused-ring (bicyclic) bond motifs is 1. The van der Waals surface area contributed by atoms with Gasteiger partial charge in [-0.2, -0.15) is 5.10 Å². The van der Waals surface area contributed by atoms with Gasteiger partial charge >= 0.3 is 0 Å². The molecule has 3 aromatic carbocycles. The maximum Gasteiger partial charge on any atom is 0.269 e. The van der Waals surface area contributed by atoms with Crippen LogP contribution in [-0.4, -0.2) is 29.3 Å². The van der Waals surface area contributed by atoms with Gasteiger partial charge < -0.3 is 0 Å². The van der Waals surface area contributed by atoms with Crippen LogP contribution in [0.3, 0.4) is 0 Å². The summed E-state index contributed by atoms with van der Waals surface area (Å²) in [6, 6.07) is 26.2. The van der Waals surface area contributed by atoms with Gasteiger partial charge in [0, 0.05) is 28.5 Å². The van der Waals surface area contributed by atoms with Gasteiger partial charge in [-0.05, 0) is 42.5 Å². The highest BCUT2D eigenvalue weighted by Gasteiger charge is 2.18. The largest absolute Gasteiger partial charge is 0.269 e. The summed E-state index contributed by atoms with van der Waals surface area (Å²) < 4.78 is 3.27. The number of benzene rings is 3. The van der Waals surface area contributed by atoms with E-state index in [9.17, 15) is 4.79 Å². The molecule has 0 bridgehead atoms. The lowest BCUT2D eigenvalue weighted by Crippen LogP contribution is -2.22. The van der Waals surface area contributed by atoms with E-state index in [1.165, 1.54) is 0 Å². The van der Waals surface area contributed by atoms with Crippen molar-refractivity contribution in [1.82, 2.24) is 29.3 Å². The van der Waals surface area contributed by atoms with Gasteiger partial charge in [-0.1, -0.05) is 54.1 Å². The molecule has 168 valence electrons. The van der Waals surface area contributed by atoms with E-state index in [1.54, 1.807) is 58.2 Å². The zero-order valence-electron chi connectivity index (χ0n) is 18.3. The first-order valence-corrected chi connectivity index (χ1v) is 11.3. The second kappa shape index (κ2) is 8.62. The van der Waals surface area contributed by atoms with Crippen LogP contribution in [0.5, 0.6) is 0 Å². The molecule has 3 heterocycles. The highest BCUT2D eigenvalue weighted by Crippen LogP contribution is 2.26. The van der Waals surface area contributed by atoms with Gasteiger partial charge in [0.15, 0.2) is 11.5 Å². The molecule has 0 aliphatic carbocycles. The van der Waals surface area contributed by atoms with Gasteiger partial charge in [-0.3, -0.25) is 9.36 Å². The summed E-state index contributed by atoms with van der Waals surface area (Å²) in [5, 5.41) is 5.47. The minimum Gasteiger partial charge on any atom is -0.268 e. The van der Waals surface area contributed by atoms with Crippen molar-refractivity contribution >= 4 is 22.6 Å². The van der Waals surface area contributed by atoms with E-state index in [-0.39, 0.29) is 5.56 Å². The summed E-state index contributed by atoms with van der Waals surface area (Å²) in [7, 11) is 0. The summed E-state index contributed by atoms with van der Waals surface area (Å²) in [6.07, 6.45) is 4.97. The normalized spacial score (nSPS) is 11.1. The number of rotatable bonds is 4. The van der Waals surface area contributed by atoms with Crippen molar-refractivity contribution < 1.29 is 0 Å². The molecule has 7 nitrogen and oxygen atoms in total. The monoisotopic (exact) mass is 476 g/mol. The third kappa shape index (κ3) is 3.78. The summed E-state index contributed by atoms with van der Waals surface area (Å²) in [5.41, 5.74) is 3.37. The zero-order valence-corrected chi connectivity index (χ0v) is 19.0. The molecule has 0 unspecified atom stereocenters. The Labute approximate surface area is 205 Å². The van der Waals surface area contributed by atoms with Crippen LogP contribution in [0.4, 0.5) is 0 Å². The Bertz CT molecular complexity index is 1690. The molecular weight excluding hydrogens is 460 g/mol. The van der Waals surface area contributed by atoms with Crippen molar-refractivity contribution in [3.05, 3.63) is 119 Å². The Morgan fingerprint density at radius 2 is 1.40 bits per heavy atom. The number of halogens is 1. The van der Waals surface area contributed by atoms with Crippen molar-refractivity contribution in [2.45, 2.75) is 0 Å². The lowest BCUT2D eigenvalue weighted by atomic mass is 10.1. The number of aromatic nitrogens is 6. The quantitative estimate of drug-likeness (QED) is 0.343. The fourth-order valence-corrected chi connectivity index (χ4v) is 4.09. The summed E-state index contributed by atoms with van der Waals surface area (Å²) in [6.45, 7) is 0. The maximum atomic E-state index is 13.8. The van der Waals surface area contributed by atoms with Gasteiger partial charge in [0.2, 0.25) is 0 Å². The van der Waals surface area contributed by atoms with Gasteiger partial charge in [0.1, 0.15) is 11.2 Å². The van der Waals surface area contributed by atoms with Crippen molar-refractivity contribution in [1.29, 1.82) is 0 Å². The second-order valence-electron chi connectivity index (χ2n) is 7.83. The topological polar surface area (TPSA) is 78.5 Å². The number of para-hydroxylation sites is 1. The van der Waals surface area contributed by atoms with Crippen molar-refractivity contribution in [3.8, 4) is 34.2 Å². The number of hydrogen-bond acceptors (Lipinski definition) is 5.